The van der Waals surface area contributed by atoms with E-state index in [1.807, 2.05) is 24.3 Å². The molecule has 1 aromatic carbocycles. The van der Waals surface area contributed by atoms with Gasteiger partial charge in [-0.2, -0.15) is 0 Å². The number of benzene rings is 1. The summed E-state index contributed by atoms with van der Waals surface area (Å²) in [6.07, 6.45) is 5.37. The normalized spacial score (nSPS) is 17.8. The molecular formula is C17H17NO. The highest BCUT2D eigenvalue weighted by Gasteiger charge is 2.25. The fraction of sp³-hybridized carbons (Fsp3) is 0.294. The quantitative estimate of drug-likeness (QED) is 0.837. The van der Waals surface area contributed by atoms with Crippen molar-refractivity contribution in [3.05, 3.63) is 65.5 Å². The summed E-state index contributed by atoms with van der Waals surface area (Å²) < 4.78 is 0. The number of fused-ring (bicyclic) bond motifs is 1. The van der Waals surface area contributed by atoms with Gasteiger partial charge in [-0.05, 0) is 42.5 Å². The topological polar surface area (TPSA) is 30.0 Å². The molecule has 0 bridgehead atoms. The molecule has 1 unspecified atom stereocenters. The van der Waals surface area contributed by atoms with Crippen LogP contribution in [0.15, 0.2) is 48.7 Å². The Labute approximate surface area is 113 Å². The fourth-order valence-electron chi connectivity index (χ4n) is 2.89. The standard InChI is InChI=1S/C17H17NO/c19-17(12-14-8-3-4-11-18-14)16-10-5-7-13-6-1-2-9-15(13)16/h1-4,6,8-9,11,16H,5,7,10,12H2. The van der Waals surface area contributed by atoms with Gasteiger partial charge in [-0.25, -0.2) is 0 Å². The van der Waals surface area contributed by atoms with Crippen molar-refractivity contribution in [2.24, 2.45) is 0 Å². The van der Waals surface area contributed by atoms with Gasteiger partial charge in [0, 0.05) is 24.2 Å². The molecule has 1 aromatic heterocycles. The zero-order chi connectivity index (χ0) is 13.1. The van der Waals surface area contributed by atoms with E-state index in [0.29, 0.717) is 12.2 Å². The van der Waals surface area contributed by atoms with E-state index in [9.17, 15) is 4.79 Å². The van der Waals surface area contributed by atoms with Crippen molar-refractivity contribution in [2.75, 3.05) is 0 Å². The lowest BCUT2D eigenvalue weighted by atomic mass is 9.79. The maximum absolute atomic E-state index is 12.5. The van der Waals surface area contributed by atoms with Crippen molar-refractivity contribution >= 4 is 5.78 Å². The molecule has 1 atom stereocenters. The number of Topliss-reactive ketones (excluding diaryl/α,β-unsaturated/α-hetero) is 1. The number of pyridine rings is 1. The molecular weight excluding hydrogens is 234 g/mol. The molecule has 2 nitrogen and oxygen atoms in total. The highest BCUT2D eigenvalue weighted by Crippen LogP contribution is 2.32. The van der Waals surface area contributed by atoms with E-state index >= 15 is 0 Å². The average Bonchev–Trinajstić information content (AvgIpc) is 2.47. The van der Waals surface area contributed by atoms with Crippen molar-refractivity contribution in [3.63, 3.8) is 0 Å². The Hall–Kier alpha value is -1.96. The number of carbonyl (C=O) groups is 1. The molecule has 1 aliphatic rings. The van der Waals surface area contributed by atoms with Crippen molar-refractivity contribution in [3.8, 4) is 0 Å². The second-order valence-electron chi connectivity index (χ2n) is 5.11. The Balaban J connectivity index is 1.82. The summed E-state index contributed by atoms with van der Waals surface area (Å²) in [5, 5.41) is 0. The highest BCUT2D eigenvalue weighted by molar-refractivity contribution is 5.87. The van der Waals surface area contributed by atoms with Crippen LogP contribution in [0.2, 0.25) is 0 Å². The lowest BCUT2D eigenvalue weighted by Crippen LogP contribution is -2.20. The molecule has 1 heterocycles. The second-order valence-corrected chi connectivity index (χ2v) is 5.11. The van der Waals surface area contributed by atoms with E-state index in [2.05, 4.69) is 23.2 Å². The van der Waals surface area contributed by atoms with E-state index in [0.717, 1.165) is 25.0 Å². The van der Waals surface area contributed by atoms with E-state index in [1.54, 1.807) is 6.20 Å². The lowest BCUT2D eigenvalue weighted by Gasteiger charge is -2.24. The van der Waals surface area contributed by atoms with Crippen LogP contribution >= 0.6 is 0 Å². The van der Waals surface area contributed by atoms with Crippen molar-refractivity contribution in [2.45, 2.75) is 31.6 Å². The van der Waals surface area contributed by atoms with Gasteiger partial charge in [0.1, 0.15) is 5.78 Å². The predicted molar refractivity (Wildman–Crippen MR) is 75.1 cm³/mol. The maximum Gasteiger partial charge on any atom is 0.146 e. The molecule has 0 radical (unpaired) electrons. The summed E-state index contributed by atoms with van der Waals surface area (Å²) >= 11 is 0. The Morgan fingerprint density at radius 1 is 1.16 bits per heavy atom. The third kappa shape index (κ3) is 2.58. The lowest BCUT2D eigenvalue weighted by molar-refractivity contribution is -0.120. The number of nitrogens with zero attached hydrogens (tertiary/aromatic N) is 1. The van der Waals surface area contributed by atoms with Crippen LogP contribution in [-0.2, 0) is 17.6 Å². The first-order valence-corrected chi connectivity index (χ1v) is 6.85. The molecule has 0 spiro atoms. The number of carbonyl (C=O) groups excluding carboxylic acids is 1. The van der Waals surface area contributed by atoms with Gasteiger partial charge in [0.2, 0.25) is 0 Å². The summed E-state index contributed by atoms with van der Waals surface area (Å²) in [4.78, 5) is 16.7. The molecule has 3 rings (SSSR count). The zero-order valence-electron chi connectivity index (χ0n) is 10.9. The van der Waals surface area contributed by atoms with Crippen molar-refractivity contribution in [1.82, 2.24) is 4.98 Å². The Morgan fingerprint density at radius 3 is 2.84 bits per heavy atom. The van der Waals surface area contributed by atoms with Gasteiger partial charge >= 0.3 is 0 Å². The largest absolute Gasteiger partial charge is 0.299 e. The van der Waals surface area contributed by atoms with E-state index in [4.69, 9.17) is 0 Å². The third-order valence-electron chi connectivity index (χ3n) is 3.84. The smallest absolute Gasteiger partial charge is 0.146 e. The second kappa shape index (κ2) is 5.35. The first kappa shape index (κ1) is 12.1. The van der Waals surface area contributed by atoms with Crippen LogP contribution < -0.4 is 0 Å². The van der Waals surface area contributed by atoms with Crippen LogP contribution in [-0.4, -0.2) is 10.8 Å². The number of ketones is 1. The van der Waals surface area contributed by atoms with Gasteiger partial charge in [0.05, 0.1) is 0 Å². The van der Waals surface area contributed by atoms with Crippen LogP contribution in [0, 0.1) is 0 Å². The molecule has 2 heteroatoms. The minimum absolute atomic E-state index is 0.0620. The average molecular weight is 251 g/mol. The molecule has 1 aliphatic carbocycles. The van der Waals surface area contributed by atoms with Crippen LogP contribution in [0.1, 0.15) is 35.6 Å². The van der Waals surface area contributed by atoms with Crippen LogP contribution in [0.25, 0.3) is 0 Å². The molecule has 0 saturated heterocycles. The minimum atomic E-state index is 0.0620. The molecule has 0 amide bonds. The monoisotopic (exact) mass is 251 g/mol. The summed E-state index contributed by atoms with van der Waals surface area (Å²) in [7, 11) is 0. The van der Waals surface area contributed by atoms with Gasteiger partial charge in [0.25, 0.3) is 0 Å². The van der Waals surface area contributed by atoms with Gasteiger partial charge in [-0.15, -0.1) is 0 Å². The molecule has 96 valence electrons. The van der Waals surface area contributed by atoms with Gasteiger partial charge in [0.15, 0.2) is 0 Å². The number of aryl methyl sites for hydroxylation is 1. The SMILES string of the molecule is O=C(Cc1ccccn1)C1CCCc2ccccc21. The number of hydrogen-bond donors (Lipinski definition) is 0. The van der Waals surface area contributed by atoms with Crippen molar-refractivity contribution < 1.29 is 4.79 Å². The van der Waals surface area contributed by atoms with Crippen molar-refractivity contribution in [1.29, 1.82) is 0 Å². The Kier molecular flexibility index (Phi) is 3.41. The summed E-state index contributed by atoms with van der Waals surface area (Å²) in [6.45, 7) is 0. The number of aromatic nitrogens is 1. The molecule has 0 aliphatic heterocycles. The minimum Gasteiger partial charge on any atom is -0.299 e. The summed E-state index contributed by atoms with van der Waals surface area (Å²) in [5.41, 5.74) is 3.44. The first-order chi connectivity index (χ1) is 9.34. The molecule has 0 fully saturated rings. The van der Waals surface area contributed by atoms with E-state index < -0.39 is 0 Å². The Morgan fingerprint density at radius 2 is 2.00 bits per heavy atom. The zero-order valence-corrected chi connectivity index (χ0v) is 10.9. The summed E-state index contributed by atoms with van der Waals surface area (Å²) in [6, 6.07) is 14.1. The van der Waals surface area contributed by atoms with Gasteiger partial charge < -0.3 is 0 Å². The Bertz CT molecular complexity index is 577. The molecule has 0 saturated carbocycles. The number of hydrogen-bond acceptors (Lipinski definition) is 2. The molecule has 2 aromatic rings. The predicted octanol–water partition coefficient (Wildman–Crippen LogP) is 3.31. The number of rotatable bonds is 3. The van der Waals surface area contributed by atoms with Gasteiger partial charge in [-0.3, -0.25) is 9.78 Å². The van der Waals surface area contributed by atoms with Crippen LogP contribution in [0.3, 0.4) is 0 Å². The van der Waals surface area contributed by atoms with Gasteiger partial charge in [-0.1, -0.05) is 30.3 Å². The first-order valence-electron chi connectivity index (χ1n) is 6.85. The molecule has 19 heavy (non-hydrogen) atoms. The van der Waals surface area contributed by atoms with Crippen LogP contribution in [0.4, 0.5) is 0 Å². The highest BCUT2D eigenvalue weighted by atomic mass is 16.1. The maximum atomic E-state index is 12.5. The van der Waals surface area contributed by atoms with E-state index in [1.165, 1.54) is 11.1 Å². The fourth-order valence-corrected chi connectivity index (χ4v) is 2.89. The summed E-state index contributed by atoms with van der Waals surface area (Å²) in [5.74, 6) is 0.359. The van der Waals surface area contributed by atoms with Crippen LogP contribution in [0.5, 0.6) is 0 Å². The van der Waals surface area contributed by atoms with E-state index in [-0.39, 0.29) is 5.92 Å². The third-order valence-corrected chi connectivity index (χ3v) is 3.84. The molecule has 0 N–H and O–H groups in total.